The summed E-state index contributed by atoms with van der Waals surface area (Å²) in [4.78, 5) is 0. The van der Waals surface area contributed by atoms with E-state index >= 15 is 0 Å². The summed E-state index contributed by atoms with van der Waals surface area (Å²) >= 11 is 0. The SMILES string of the molecule is C(=C\c1cc(-c2ccccc2)c(/C=C/c2ccccc2)cc1-c1ccccc1)/c1ccccc1. The van der Waals surface area contributed by atoms with Crippen LogP contribution in [0.5, 0.6) is 0 Å². The maximum Gasteiger partial charge on any atom is -0.0105 e. The van der Waals surface area contributed by atoms with Crippen molar-refractivity contribution in [3.05, 3.63) is 156 Å². The molecule has 0 aliphatic heterocycles. The molecule has 0 saturated heterocycles. The predicted molar refractivity (Wildman–Crippen MR) is 148 cm³/mol. The maximum atomic E-state index is 2.32. The molecule has 0 spiro atoms. The fourth-order valence-corrected chi connectivity index (χ4v) is 4.14. The Balaban J connectivity index is 1.69. The molecule has 0 heterocycles. The van der Waals surface area contributed by atoms with Gasteiger partial charge in [-0.05, 0) is 56.6 Å². The van der Waals surface area contributed by atoms with Gasteiger partial charge in [-0.2, -0.15) is 0 Å². The summed E-state index contributed by atoms with van der Waals surface area (Å²) in [6.45, 7) is 0. The molecule has 34 heavy (non-hydrogen) atoms. The van der Waals surface area contributed by atoms with Crippen LogP contribution in [0.4, 0.5) is 0 Å². The highest BCUT2D eigenvalue weighted by molar-refractivity contribution is 5.90. The molecule has 162 valence electrons. The highest BCUT2D eigenvalue weighted by Crippen LogP contribution is 2.34. The van der Waals surface area contributed by atoms with Crippen molar-refractivity contribution in [2.75, 3.05) is 0 Å². The van der Waals surface area contributed by atoms with Crippen molar-refractivity contribution in [1.82, 2.24) is 0 Å². The topological polar surface area (TPSA) is 0 Å². The Morgan fingerprint density at radius 3 is 1.00 bits per heavy atom. The van der Waals surface area contributed by atoms with Gasteiger partial charge in [-0.15, -0.1) is 0 Å². The molecule has 0 fully saturated rings. The molecule has 5 aromatic rings. The highest BCUT2D eigenvalue weighted by Gasteiger charge is 2.11. The Morgan fingerprint density at radius 1 is 0.324 bits per heavy atom. The average molecular weight is 435 g/mol. The maximum absolute atomic E-state index is 2.32. The number of hydrogen-bond donors (Lipinski definition) is 0. The van der Waals surface area contributed by atoms with Crippen LogP contribution in [-0.4, -0.2) is 0 Å². The van der Waals surface area contributed by atoms with E-state index in [1.54, 1.807) is 0 Å². The smallest absolute Gasteiger partial charge is 0.0105 e. The van der Waals surface area contributed by atoms with E-state index in [4.69, 9.17) is 0 Å². The van der Waals surface area contributed by atoms with Crippen LogP contribution in [0.25, 0.3) is 46.6 Å². The lowest BCUT2D eigenvalue weighted by molar-refractivity contribution is 1.54. The van der Waals surface area contributed by atoms with Crippen molar-refractivity contribution in [3.8, 4) is 22.3 Å². The first kappa shape index (κ1) is 21.4. The Hall–Kier alpha value is -4.42. The largest absolute Gasteiger partial charge is 0.0622 e. The zero-order chi connectivity index (χ0) is 23.0. The van der Waals surface area contributed by atoms with Crippen molar-refractivity contribution in [2.24, 2.45) is 0 Å². The molecule has 0 heteroatoms. The molecule has 0 aliphatic rings. The van der Waals surface area contributed by atoms with Gasteiger partial charge >= 0.3 is 0 Å². The molecule has 5 aromatic carbocycles. The van der Waals surface area contributed by atoms with Gasteiger partial charge in [0.2, 0.25) is 0 Å². The molecule has 0 nitrogen and oxygen atoms in total. The Labute approximate surface area is 202 Å². The molecule has 5 rings (SSSR count). The minimum Gasteiger partial charge on any atom is -0.0622 e. The van der Waals surface area contributed by atoms with Crippen molar-refractivity contribution in [1.29, 1.82) is 0 Å². The van der Waals surface area contributed by atoms with Gasteiger partial charge in [0.05, 0.1) is 0 Å². The average Bonchev–Trinajstić information content (AvgIpc) is 2.93. The number of hydrogen-bond acceptors (Lipinski definition) is 0. The fraction of sp³-hybridized carbons (Fsp3) is 0. The van der Waals surface area contributed by atoms with Crippen LogP contribution < -0.4 is 0 Å². The van der Waals surface area contributed by atoms with E-state index < -0.39 is 0 Å². The van der Waals surface area contributed by atoms with E-state index in [0.29, 0.717) is 0 Å². The lowest BCUT2D eigenvalue weighted by Gasteiger charge is -2.14. The third-order valence-electron chi connectivity index (χ3n) is 5.90. The summed E-state index contributed by atoms with van der Waals surface area (Å²) in [5.74, 6) is 0. The van der Waals surface area contributed by atoms with Gasteiger partial charge < -0.3 is 0 Å². The first-order chi connectivity index (χ1) is 16.9. The van der Waals surface area contributed by atoms with E-state index in [1.165, 1.54) is 44.5 Å². The Kier molecular flexibility index (Phi) is 6.59. The first-order valence-corrected chi connectivity index (χ1v) is 11.6. The van der Waals surface area contributed by atoms with Crippen LogP contribution in [0, 0.1) is 0 Å². The van der Waals surface area contributed by atoms with Gasteiger partial charge in [0.1, 0.15) is 0 Å². The first-order valence-electron chi connectivity index (χ1n) is 11.6. The van der Waals surface area contributed by atoms with Crippen molar-refractivity contribution >= 4 is 24.3 Å². The van der Waals surface area contributed by atoms with Crippen LogP contribution in [0.3, 0.4) is 0 Å². The van der Waals surface area contributed by atoms with Crippen LogP contribution in [-0.2, 0) is 0 Å². The lowest BCUT2D eigenvalue weighted by atomic mass is 9.90. The number of benzene rings is 5. The summed E-state index contributed by atoms with van der Waals surface area (Å²) in [6.07, 6.45) is 8.84. The van der Waals surface area contributed by atoms with Crippen LogP contribution in [0.15, 0.2) is 133 Å². The zero-order valence-corrected chi connectivity index (χ0v) is 19.0. The van der Waals surface area contributed by atoms with Gasteiger partial charge in [-0.3, -0.25) is 0 Å². The summed E-state index contributed by atoms with van der Waals surface area (Å²) < 4.78 is 0. The van der Waals surface area contributed by atoms with E-state index in [9.17, 15) is 0 Å². The monoisotopic (exact) mass is 434 g/mol. The quantitative estimate of drug-likeness (QED) is 0.234. The van der Waals surface area contributed by atoms with Gasteiger partial charge in [0.15, 0.2) is 0 Å². The zero-order valence-electron chi connectivity index (χ0n) is 19.0. The summed E-state index contributed by atoms with van der Waals surface area (Å²) in [5, 5.41) is 0. The summed E-state index contributed by atoms with van der Waals surface area (Å²) in [7, 11) is 0. The molecule has 0 aliphatic carbocycles. The molecule has 0 N–H and O–H groups in total. The second-order valence-corrected chi connectivity index (χ2v) is 8.25. The van der Waals surface area contributed by atoms with Crippen molar-refractivity contribution < 1.29 is 0 Å². The molecule has 0 atom stereocenters. The summed E-state index contributed by atoms with van der Waals surface area (Å²) in [6, 6.07) is 46.8. The van der Waals surface area contributed by atoms with Gasteiger partial charge in [-0.1, -0.05) is 146 Å². The third kappa shape index (κ3) is 5.14. The predicted octanol–water partition coefficient (Wildman–Crippen LogP) is 9.36. The highest BCUT2D eigenvalue weighted by atomic mass is 14.1. The molecular formula is C34H26. The van der Waals surface area contributed by atoms with E-state index in [2.05, 4.69) is 146 Å². The second kappa shape index (κ2) is 10.5. The molecule has 0 amide bonds. The van der Waals surface area contributed by atoms with E-state index in [1.807, 2.05) is 12.1 Å². The normalized spacial score (nSPS) is 11.3. The summed E-state index contributed by atoms with van der Waals surface area (Å²) in [5.41, 5.74) is 9.65. The second-order valence-electron chi connectivity index (χ2n) is 8.25. The minimum atomic E-state index is 1.19. The third-order valence-corrected chi connectivity index (χ3v) is 5.90. The van der Waals surface area contributed by atoms with Crippen molar-refractivity contribution in [2.45, 2.75) is 0 Å². The van der Waals surface area contributed by atoms with Crippen molar-refractivity contribution in [3.63, 3.8) is 0 Å². The molecular weight excluding hydrogens is 408 g/mol. The van der Waals surface area contributed by atoms with Crippen LogP contribution in [0.1, 0.15) is 22.3 Å². The molecule has 0 radical (unpaired) electrons. The minimum absolute atomic E-state index is 1.19. The standard InChI is InChI=1S/C34H26/c1-5-13-27(14-6-1)21-23-31-25-34(30-19-11-4-12-20-30)32(24-22-28-15-7-2-8-16-28)26-33(31)29-17-9-3-10-18-29/h1-26H/b23-21+,24-22+. The molecule has 0 unspecified atom stereocenters. The van der Waals surface area contributed by atoms with Gasteiger partial charge in [0.25, 0.3) is 0 Å². The number of rotatable bonds is 6. The molecule has 0 bridgehead atoms. The molecule has 0 aromatic heterocycles. The Morgan fingerprint density at radius 2 is 0.647 bits per heavy atom. The Bertz CT molecular complexity index is 1280. The van der Waals surface area contributed by atoms with E-state index in [0.717, 1.165) is 0 Å². The fourth-order valence-electron chi connectivity index (χ4n) is 4.14. The van der Waals surface area contributed by atoms with Gasteiger partial charge in [0, 0.05) is 0 Å². The van der Waals surface area contributed by atoms with E-state index in [-0.39, 0.29) is 0 Å². The molecule has 0 saturated carbocycles. The lowest BCUT2D eigenvalue weighted by Crippen LogP contribution is -1.91. The van der Waals surface area contributed by atoms with Gasteiger partial charge in [-0.25, -0.2) is 0 Å². The van der Waals surface area contributed by atoms with Crippen LogP contribution >= 0.6 is 0 Å². The van der Waals surface area contributed by atoms with Crippen LogP contribution in [0.2, 0.25) is 0 Å².